The van der Waals surface area contributed by atoms with E-state index in [1.54, 1.807) is 0 Å². The van der Waals surface area contributed by atoms with E-state index in [0.29, 0.717) is 0 Å². The van der Waals surface area contributed by atoms with Crippen LogP contribution in [0.5, 0.6) is 0 Å². The predicted molar refractivity (Wildman–Crippen MR) is 82.9 cm³/mol. The third kappa shape index (κ3) is 3.61. The molecule has 21 heavy (non-hydrogen) atoms. The van der Waals surface area contributed by atoms with Gasteiger partial charge in [-0.3, -0.25) is 4.79 Å². The van der Waals surface area contributed by atoms with Gasteiger partial charge in [-0.1, -0.05) is 38.8 Å². The summed E-state index contributed by atoms with van der Waals surface area (Å²) in [6.07, 6.45) is 3.77. The second kappa shape index (κ2) is 5.57. The molecule has 0 aliphatic heterocycles. The molecule has 3 nitrogen and oxygen atoms in total. The first kappa shape index (κ1) is 15.1. The number of nitrogens with zero attached hydrogens (tertiary/aromatic N) is 1. The average Bonchev–Trinajstić information content (AvgIpc) is 2.82. The van der Waals surface area contributed by atoms with E-state index >= 15 is 0 Å². The number of H-pyrrole nitrogens is 1. The number of carbonyl (C=O) groups is 1. The van der Waals surface area contributed by atoms with E-state index in [1.165, 1.54) is 0 Å². The molecule has 0 bridgehead atoms. The molecule has 0 aliphatic carbocycles. The average molecular weight is 281 g/mol. The molecule has 1 aromatic heterocycles. The van der Waals surface area contributed by atoms with Gasteiger partial charge in [0, 0.05) is 16.5 Å². The number of aromatic nitrogens is 2. The predicted octanol–water partition coefficient (Wildman–Crippen LogP) is 2.78. The van der Waals surface area contributed by atoms with Crippen molar-refractivity contribution in [1.82, 2.24) is 4.98 Å². The van der Waals surface area contributed by atoms with Gasteiger partial charge in [-0.05, 0) is 24.5 Å². The molecule has 1 aromatic carbocycles. The Labute approximate surface area is 126 Å². The van der Waals surface area contributed by atoms with E-state index < -0.39 is 0 Å². The molecule has 0 radical (unpaired) electrons. The number of rotatable bonds is 1. The number of hydrogen-bond acceptors (Lipinski definition) is 1. The Kier molecular flexibility index (Phi) is 3.99. The van der Waals surface area contributed by atoms with Crippen molar-refractivity contribution in [3.63, 3.8) is 0 Å². The number of nitrogens with one attached hydrogen (secondary N) is 1. The Bertz CT molecular complexity index is 737. The first-order valence-electron chi connectivity index (χ1n) is 6.98. The van der Waals surface area contributed by atoms with Gasteiger partial charge in [-0.15, -0.1) is 0 Å². The summed E-state index contributed by atoms with van der Waals surface area (Å²) in [6, 6.07) is 5.72. The van der Waals surface area contributed by atoms with Crippen LogP contribution in [0.3, 0.4) is 0 Å². The van der Waals surface area contributed by atoms with Crippen LogP contribution in [-0.2, 0) is 7.05 Å². The van der Waals surface area contributed by atoms with Crippen LogP contribution in [0.4, 0.5) is 0 Å². The van der Waals surface area contributed by atoms with Gasteiger partial charge in [0.2, 0.25) is 12.0 Å². The highest BCUT2D eigenvalue weighted by atomic mass is 16.1. The minimum absolute atomic E-state index is 0.136. The van der Waals surface area contributed by atoms with Crippen molar-refractivity contribution in [3.8, 4) is 11.8 Å². The Morgan fingerprint density at radius 1 is 1.24 bits per heavy atom. The van der Waals surface area contributed by atoms with Crippen molar-refractivity contribution in [2.45, 2.75) is 27.7 Å². The summed E-state index contributed by atoms with van der Waals surface area (Å²) in [5.41, 5.74) is 3.15. The smallest absolute Gasteiger partial charge is 0.242 e. The lowest BCUT2D eigenvalue weighted by Crippen LogP contribution is -2.22. The Morgan fingerprint density at radius 3 is 2.52 bits per heavy atom. The van der Waals surface area contributed by atoms with Crippen molar-refractivity contribution in [1.29, 1.82) is 0 Å². The summed E-state index contributed by atoms with van der Waals surface area (Å²) < 4.78 is 1.91. The Hall–Kier alpha value is -2.34. The molecule has 2 aromatic rings. The van der Waals surface area contributed by atoms with Crippen LogP contribution in [0.15, 0.2) is 30.7 Å². The Balaban J connectivity index is 2.37. The van der Waals surface area contributed by atoms with Crippen LogP contribution in [0.25, 0.3) is 0 Å². The highest BCUT2D eigenvalue weighted by Crippen LogP contribution is 2.22. The maximum absolute atomic E-state index is 12.3. The largest absolute Gasteiger partial charge is 0.294 e. The molecule has 1 N–H and O–H groups in total. The number of imidazole rings is 1. The van der Waals surface area contributed by atoms with Crippen LogP contribution in [0.2, 0.25) is 0 Å². The number of benzene rings is 1. The molecule has 0 saturated heterocycles. The molecule has 0 spiro atoms. The summed E-state index contributed by atoms with van der Waals surface area (Å²) in [7, 11) is 1.94. The van der Waals surface area contributed by atoms with Crippen molar-refractivity contribution < 1.29 is 9.36 Å². The van der Waals surface area contributed by atoms with E-state index in [4.69, 9.17) is 0 Å². The third-order valence-electron chi connectivity index (χ3n) is 3.27. The summed E-state index contributed by atoms with van der Waals surface area (Å²) in [5.74, 6) is 6.37. The van der Waals surface area contributed by atoms with Crippen LogP contribution < -0.4 is 4.57 Å². The number of Topliss-reactive ketones (excluding diaryl/α,β-unsaturated/α-hetero) is 1. The molecule has 0 atom stereocenters. The van der Waals surface area contributed by atoms with Gasteiger partial charge in [-0.25, -0.2) is 9.55 Å². The molecular formula is C18H21N2O+. The Morgan fingerprint density at radius 2 is 1.95 bits per heavy atom. The number of ketones is 1. The SMILES string of the molecule is Cc1ccc(C(=O)C(C)(C)C)cc1C#Cc1c[n+](C)c[nH]1. The van der Waals surface area contributed by atoms with Crippen LogP contribution in [0, 0.1) is 24.2 Å². The van der Waals surface area contributed by atoms with E-state index in [1.807, 2.05) is 70.0 Å². The minimum Gasteiger partial charge on any atom is -0.294 e. The second-order valence-electron chi connectivity index (χ2n) is 6.34. The van der Waals surface area contributed by atoms with E-state index in [-0.39, 0.29) is 11.2 Å². The summed E-state index contributed by atoms with van der Waals surface area (Å²) >= 11 is 0. The van der Waals surface area contributed by atoms with Gasteiger partial charge >= 0.3 is 0 Å². The van der Waals surface area contributed by atoms with Crippen LogP contribution >= 0.6 is 0 Å². The van der Waals surface area contributed by atoms with Crippen molar-refractivity contribution >= 4 is 5.78 Å². The molecule has 0 fully saturated rings. The highest BCUT2D eigenvalue weighted by Gasteiger charge is 2.23. The topological polar surface area (TPSA) is 36.7 Å². The quantitative estimate of drug-likeness (QED) is 0.487. The van der Waals surface area contributed by atoms with Crippen molar-refractivity contribution in [3.05, 3.63) is 53.1 Å². The highest BCUT2D eigenvalue weighted by molar-refractivity contribution is 6.00. The van der Waals surface area contributed by atoms with Crippen LogP contribution in [-0.4, -0.2) is 10.8 Å². The summed E-state index contributed by atoms with van der Waals surface area (Å²) in [4.78, 5) is 15.4. The number of aryl methyl sites for hydroxylation is 2. The summed E-state index contributed by atoms with van der Waals surface area (Å²) in [5, 5.41) is 0. The zero-order chi connectivity index (χ0) is 15.6. The minimum atomic E-state index is -0.382. The standard InChI is InChI=1S/C18H20N2O/c1-13-6-7-15(17(21)18(2,3)4)10-14(13)8-9-16-11-20(5)12-19-16/h6-7,10-12H,1-5H3/p+1. The fourth-order valence-corrected chi connectivity index (χ4v) is 1.98. The molecule has 0 amide bonds. The molecule has 108 valence electrons. The second-order valence-corrected chi connectivity index (χ2v) is 6.34. The first-order chi connectivity index (χ1) is 9.77. The fraction of sp³-hybridized carbons (Fsp3) is 0.333. The third-order valence-corrected chi connectivity index (χ3v) is 3.27. The number of aromatic amines is 1. The fourth-order valence-electron chi connectivity index (χ4n) is 1.98. The van der Waals surface area contributed by atoms with Crippen molar-refractivity contribution in [2.24, 2.45) is 12.5 Å². The van der Waals surface area contributed by atoms with Gasteiger partial charge in [0.15, 0.2) is 5.78 Å². The molecular weight excluding hydrogens is 260 g/mol. The monoisotopic (exact) mass is 281 g/mol. The lowest BCUT2D eigenvalue weighted by atomic mass is 9.85. The van der Waals surface area contributed by atoms with E-state index in [0.717, 1.165) is 22.4 Å². The molecule has 0 saturated carbocycles. The molecule has 0 unspecified atom stereocenters. The van der Waals surface area contributed by atoms with Gasteiger partial charge in [-0.2, -0.15) is 0 Å². The van der Waals surface area contributed by atoms with E-state index in [9.17, 15) is 4.79 Å². The molecule has 2 rings (SSSR count). The lowest BCUT2D eigenvalue weighted by Gasteiger charge is -2.17. The van der Waals surface area contributed by atoms with Crippen LogP contribution in [0.1, 0.15) is 48.0 Å². The maximum Gasteiger partial charge on any atom is 0.242 e. The molecule has 1 heterocycles. The van der Waals surface area contributed by atoms with Gasteiger partial charge in [0.05, 0.1) is 7.05 Å². The van der Waals surface area contributed by atoms with Gasteiger partial charge < -0.3 is 0 Å². The van der Waals surface area contributed by atoms with E-state index in [2.05, 4.69) is 16.8 Å². The van der Waals surface area contributed by atoms with Gasteiger partial charge in [0.1, 0.15) is 6.20 Å². The molecule has 0 aliphatic rings. The molecule has 3 heteroatoms. The van der Waals surface area contributed by atoms with Crippen molar-refractivity contribution in [2.75, 3.05) is 0 Å². The first-order valence-corrected chi connectivity index (χ1v) is 6.98. The number of hydrogen-bond donors (Lipinski definition) is 1. The maximum atomic E-state index is 12.3. The number of carbonyl (C=O) groups excluding carboxylic acids is 1. The zero-order valence-corrected chi connectivity index (χ0v) is 13.2. The van der Waals surface area contributed by atoms with Gasteiger partial charge in [0.25, 0.3) is 0 Å². The normalized spacial score (nSPS) is 10.9. The zero-order valence-electron chi connectivity index (χ0n) is 13.2. The summed E-state index contributed by atoms with van der Waals surface area (Å²) in [6.45, 7) is 7.79. The lowest BCUT2D eigenvalue weighted by molar-refractivity contribution is -0.670.